The minimum Gasteiger partial charge on any atom is -0.497 e. The Labute approximate surface area is 177 Å². The summed E-state index contributed by atoms with van der Waals surface area (Å²) in [5.74, 6) is 1.58. The van der Waals surface area contributed by atoms with Crippen molar-refractivity contribution in [3.8, 4) is 11.5 Å². The van der Waals surface area contributed by atoms with Crippen molar-refractivity contribution < 1.29 is 14.3 Å². The minimum atomic E-state index is -0.0334. The summed E-state index contributed by atoms with van der Waals surface area (Å²) in [6.07, 6.45) is 1.90. The molecular formula is C25H28N2O3. The van der Waals surface area contributed by atoms with E-state index in [4.69, 9.17) is 9.47 Å². The SMILES string of the molecule is COc1cccc(C(=O)NC2CCN(Cc3ccc4cccc(OC)c4c3)CC2)c1. The molecule has 0 atom stereocenters. The molecular weight excluding hydrogens is 376 g/mol. The van der Waals surface area contributed by atoms with Crippen LogP contribution in [0.2, 0.25) is 0 Å². The number of amides is 1. The normalized spacial score (nSPS) is 15.1. The van der Waals surface area contributed by atoms with Crippen LogP contribution in [0.5, 0.6) is 11.5 Å². The minimum absolute atomic E-state index is 0.0334. The summed E-state index contributed by atoms with van der Waals surface area (Å²) >= 11 is 0. The number of methoxy groups -OCH3 is 2. The van der Waals surface area contributed by atoms with E-state index < -0.39 is 0 Å². The van der Waals surface area contributed by atoms with Gasteiger partial charge in [0.1, 0.15) is 11.5 Å². The fourth-order valence-electron chi connectivity index (χ4n) is 4.09. The Hall–Kier alpha value is -3.05. The van der Waals surface area contributed by atoms with Gasteiger partial charge in [0, 0.05) is 36.6 Å². The van der Waals surface area contributed by atoms with Gasteiger partial charge in [-0.1, -0.05) is 30.3 Å². The molecule has 1 N–H and O–H groups in total. The van der Waals surface area contributed by atoms with E-state index in [1.165, 1.54) is 10.9 Å². The molecule has 0 aliphatic carbocycles. The number of likely N-dealkylation sites (tertiary alicyclic amines) is 1. The zero-order chi connectivity index (χ0) is 20.9. The second-order valence-corrected chi connectivity index (χ2v) is 7.77. The molecule has 0 aromatic heterocycles. The number of carbonyl (C=O) groups is 1. The summed E-state index contributed by atoms with van der Waals surface area (Å²) in [7, 11) is 3.32. The lowest BCUT2D eigenvalue weighted by atomic mass is 10.0. The summed E-state index contributed by atoms with van der Waals surface area (Å²) in [4.78, 5) is 15.0. The molecule has 5 nitrogen and oxygen atoms in total. The molecule has 0 bridgehead atoms. The standard InChI is InChI=1S/C25H28N2O3/c1-29-22-7-3-6-20(16-22)25(28)26-21-11-13-27(14-12-21)17-18-9-10-19-5-4-8-24(30-2)23(19)15-18/h3-10,15-16,21H,11-14,17H2,1-2H3,(H,26,28). The van der Waals surface area contributed by atoms with Crippen molar-refractivity contribution in [1.29, 1.82) is 0 Å². The summed E-state index contributed by atoms with van der Waals surface area (Å²) in [5.41, 5.74) is 1.92. The van der Waals surface area contributed by atoms with Crippen LogP contribution in [0.4, 0.5) is 0 Å². The van der Waals surface area contributed by atoms with Gasteiger partial charge < -0.3 is 14.8 Å². The predicted molar refractivity (Wildman–Crippen MR) is 119 cm³/mol. The molecule has 1 saturated heterocycles. The first-order valence-electron chi connectivity index (χ1n) is 10.4. The Morgan fingerprint density at radius 3 is 2.57 bits per heavy atom. The van der Waals surface area contributed by atoms with Gasteiger partial charge >= 0.3 is 0 Å². The molecule has 1 aliphatic rings. The molecule has 0 saturated carbocycles. The van der Waals surface area contributed by atoms with Crippen LogP contribution in [0.25, 0.3) is 10.8 Å². The lowest BCUT2D eigenvalue weighted by Gasteiger charge is -2.32. The zero-order valence-electron chi connectivity index (χ0n) is 17.6. The largest absolute Gasteiger partial charge is 0.497 e. The van der Waals surface area contributed by atoms with E-state index in [9.17, 15) is 4.79 Å². The van der Waals surface area contributed by atoms with Gasteiger partial charge in [-0.25, -0.2) is 0 Å². The van der Waals surface area contributed by atoms with Crippen LogP contribution in [-0.2, 0) is 6.54 Å². The highest BCUT2D eigenvalue weighted by atomic mass is 16.5. The molecule has 3 aromatic rings. The molecule has 156 valence electrons. The summed E-state index contributed by atoms with van der Waals surface area (Å²) in [6, 6.07) is 20.2. The summed E-state index contributed by atoms with van der Waals surface area (Å²) in [6.45, 7) is 2.84. The van der Waals surface area contributed by atoms with Crippen LogP contribution >= 0.6 is 0 Å². The van der Waals surface area contributed by atoms with E-state index in [0.717, 1.165) is 43.6 Å². The lowest BCUT2D eigenvalue weighted by molar-refractivity contribution is 0.0908. The third-order valence-corrected chi connectivity index (χ3v) is 5.79. The Bertz CT molecular complexity index is 1030. The van der Waals surface area contributed by atoms with Gasteiger partial charge in [0.15, 0.2) is 0 Å². The highest BCUT2D eigenvalue weighted by Gasteiger charge is 2.21. The van der Waals surface area contributed by atoms with E-state index in [1.54, 1.807) is 20.3 Å². The Balaban J connectivity index is 1.33. The number of nitrogens with zero attached hydrogens (tertiary/aromatic N) is 1. The van der Waals surface area contributed by atoms with Gasteiger partial charge in [-0.3, -0.25) is 9.69 Å². The highest BCUT2D eigenvalue weighted by Crippen LogP contribution is 2.27. The van der Waals surface area contributed by atoms with Gasteiger partial charge in [0.05, 0.1) is 14.2 Å². The van der Waals surface area contributed by atoms with Gasteiger partial charge in [0.2, 0.25) is 0 Å². The molecule has 30 heavy (non-hydrogen) atoms. The number of hydrogen-bond acceptors (Lipinski definition) is 4. The van der Waals surface area contributed by atoms with E-state index in [2.05, 4.69) is 34.5 Å². The van der Waals surface area contributed by atoms with Crippen molar-refractivity contribution in [3.63, 3.8) is 0 Å². The van der Waals surface area contributed by atoms with Crippen molar-refractivity contribution in [2.24, 2.45) is 0 Å². The van der Waals surface area contributed by atoms with Crippen molar-refractivity contribution in [3.05, 3.63) is 71.8 Å². The number of piperidine rings is 1. The summed E-state index contributed by atoms with van der Waals surface area (Å²) < 4.78 is 10.7. The molecule has 4 rings (SSSR count). The van der Waals surface area contributed by atoms with Crippen molar-refractivity contribution in [2.75, 3.05) is 27.3 Å². The fraction of sp³-hybridized carbons (Fsp3) is 0.320. The Kier molecular flexibility index (Phi) is 6.19. The third-order valence-electron chi connectivity index (χ3n) is 5.79. The van der Waals surface area contributed by atoms with E-state index >= 15 is 0 Å². The van der Waals surface area contributed by atoms with E-state index in [1.807, 2.05) is 30.3 Å². The van der Waals surface area contributed by atoms with Crippen LogP contribution in [0.3, 0.4) is 0 Å². The first kappa shape index (κ1) is 20.2. The molecule has 0 radical (unpaired) electrons. The summed E-state index contributed by atoms with van der Waals surface area (Å²) in [5, 5.41) is 5.52. The molecule has 5 heteroatoms. The van der Waals surface area contributed by atoms with Crippen LogP contribution in [0, 0.1) is 0 Å². The molecule has 0 spiro atoms. The van der Waals surface area contributed by atoms with Crippen LogP contribution < -0.4 is 14.8 Å². The maximum absolute atomic E-state index is 12.5. The van der Waals surface area contributed by atoms with E-state index in [0.29, 0.717) is 11.3 Å². The first-order chi connectivity index (χ1) is 14.7. The smallest absolute Gasteiger partial charge is 0.251 e. The Morgan fingerprint density at radius 1 is 1.00 bits per heavy atom. The number of benzene rings is 3. The van der Waals surface area contributed by atoms with E-state index in [-0.39, 0.29) is 11.9 Å². The number of fused-ring (bicyclic) bond motifs is 1. The number of rotatable bonds is 6. The van der Waals surface area contributed by atoms with Crippen molar-refractivity contribution in [1.82, 2.24) is 10.2 Å². The van der Waals surface area contributed by atoms with Crippen molar-refractivity contribution >= 4 is 16.7 Å². The fourth-order valence-corrected chi connectivity index (χ4v) is 4.09. The van der Waals surface area contributed by atoms with Crippen LogP contribution in [-0.4, -0.2) is 44.2 Å². The molecule has 1 fully saturated rings. The monoisotopic (exact) mass is 404 g/mol. The van der Waals surface area contributed by atoms with Gasteiger partial charge in [-0.2, -0.15) is 0 Å². The predicted octanol–water partition coefficient (Wildman–Crippen LogP) is 4.25. The quantitative estimate of drug-likeness (QED) is 0.667. The molecule has 3 aromatic carbocycles. The maximum atomic E-state index is 12.5. The highest BCUT2D eigenvalue weighted by molar-refractivity contribution is 5.94. The average Bonchev–Trinajstić information content (AvgIpc) is 2.80. The second kappa shape index (κ2) is 9.18. The second-order valence-electron chi connectivity index (χ2n) is 7.77. The number of ether oxygens (including phenoxy) is 2. The molecule has 0 unspecified atom stereocenters. The van der Waals surface area contributed by atoms with Gasteiger partial charge in [0.25, 0.3) is 5.91 Å². The average molecular weight is 405 g/mol. The zero-order valence-corrected chi connectivity index (χ0v) is 17.6. The van der Waals surface area contributed by atoms with Crippen LogP contribution in [0.1, 0.15) is 28.8 Å². The molecule has 1 amide bonds. The van der Waals surface area contributed by atoms with Gasteiger partial charge in [-0.15, -0.1) is 0 Å². The molecule has 1 aliphatic heterocycles. The first-order valence-corrected chi connectivity index (χ1v) is 10.4. The number of carbonyl (C=O) groups excluding carboxylic acids is 1. The maximum Gasteiger partial charge on any atom is 0.251 e. The number of hydrogen-bond donors (Lipinski definition) is 1. The number of nitrogens with one attached hydrogen (secondary N) is 1. The topological polar surface area (TPSA) is 50.8 Å². The van der Waals surface area contributed by atoms with Crippen molar-refractivity contribution in [2.45, 2.75) is 25.4 Å². The van der Waals surface area contributed by atoms with Crippen LogP contribution in [0.15, 0.2) is 60.7 Å². The van der Waals surface area contributed by atoms with Gasteiger partial charge in [-0.05, 0) is 54.1 Å². The Morgan fingerprint density at radius 2 is 1.80 bits per heavy atom. The lowest BCUT2D eigenvalue weighted by Crippen LogP contribution is -2.44. The third kappa shape index (κ3) is 4.57. The molecule has 1 heterocycles.